The zero-order valence-corrected chi connectivity index (χ0v) is 15.0. The molecule has 1 aliphatic carbocycles. The second kappa shape index (κ2) is 7.15. The van der Waals surface area contributed by atoms with Crippen molar-refractivity contribution in [2.24, 2.45) is 5.92 Å². The Balaban J connectivity index is 1.59. The molecule has 0 saturated heterocycles. The Bertz CT molecular complexity index is 1030. The molecule has 1 amide bonds. The highest BCUT2D eigenvalue weighted by molar-refractivity contribution is 5.94. The first kappa shape index (κ1) is 17.1. The minimum absolute atomic E-state index is 0.00825. The van der Waals surface area contributed by atoms with Gasteiger partial charge >= 0.3 is 0 Å². The van der Waals surface area contributed by atoms with E-state index in [1.807, 2.05) is 49.4 Å². The monoisotopic (exact) mass is 360 g/mol. The lowest BCUT2D eigenvalue weighted by atomic mass is 10.0. The number of aromatic amines is 1. The van der Waals surface area contributed by atoms with Crippen molar-refractivity contribution < 1.29 is 4.79 Å². The molecule has 1 aromatic carbocycles. The predicted octanol–water partition coefficient (Wildman–Crippen LogP) is 3.02. The van der Waals surface area contributed by atoms with Gasteiger partial charge < -0.3 is 10.3 Å². The number of nitrogens with zero attached hydrogens (tertiary/aromatic N) is 2. The standard InChI is InChI=1S/C21H20N4O2/c1-13-6-5-11-22-17(13)18(14-9-10-14)24-20(26)16-12-23-19(25-21(16)27)15-7-3-2-4-8-15/h2-8,11-12,14,18H,9-10H2,1H3,(H,24,26)(H,23,25,27). The number of H-pyrrole nitrogens is 1. The summed E-state index contributed by atoms with van der Waals surface area (Å²) in [7, 11) is 0. The molecule has 6 heteroatoms. The van der Waals surface area contributed by atoms with E-state index in [2.05, 4.69) is 20.3 Å². The van der Waals surface area contributed by atoms with Crippen molar-refractivity contribution >= 4 is 5.91 Å². The summed E-state index contributed by atoms with van der Waals surface area (Å²) in [6, 6.07) is 13.0. The summed E-state index contributed by atoms with van der Waals surface area (Å²) in [5.41, 5.74) is 2.24. The molecule has 1 atom stereocenters. The maximum atomic E-state index is 12.7. The number of aryl methyl sites for hydroxylation is 1. The van der Waals surface area contributed by atoms with Gasteiger partial charge in [-0.25, -0.2) is 4.98 Å². The molecule has 1 saturated carbocycles. The molecule has 0 bridgehead atoms. The molecule has 6 nitrogen and oxygen atoms in total. The van der Waals surface area contributed by atoms with Crippen LogP contribution in [0.3, 0.4) is 0 Å². The van der Waals surface area contributed by atoms with Crippen LogP contribution < -0.4 is 10.9 Å². The third-order valence-electron chi connectivity index (χ3n) is 4.82. The molecule has 0 spiro atoms. The number of amides is 1. The first-order valence-corrected chi connectivity index (χ1v) is 9.00. The Morgan fingerprint density at radius 3 is 2.59 bits per heavy atom. The molecule has 27 heavy (non-hydrogen) atoms. The Morgan fingerprint density at radius 1 is 1.15 bits per heavy atom. The number of hydrogen-bond acceptors (Lipinski definition) is 4. The fourth-order valence-corrected chi connectivity index (χ4v) is 3.18. The summed E-state index contributed by atoms with van der Waals surface area (Å²) in [6.07, 6.45) is 5.16. The second-order valence-corrected chi connectivity index (χ2v) is 6.83. The normalized spacial score (nSPS) is 14.6. The zero-order chi connectivity index (χ0) is 18.8. The molecule has 0 radical (unpaired) electrons. The Labute approximate surface area is 156 Å². The maximum absolute atomic E-state index is 12.7. The van der Waals surface area contributed by atoms with E-state index in [0.717, 1.165) is 29.7 Å². The van der Waals surface area contributed by atoms with E-state index in [1.165, 1.54) is 6.20 Å². The molecule has 1 fully saturated rings. The number of rotatable bonds is 5. The number of pyridine rings is 1. The van der Waals surface area contributed by atoms with Crippen LogP contribution in [0, 0.1) is 12.8 Å². The van der Waals surface area contributed by atoms with E-state index in [-0.39, 0.29) is 11.6 Å². The summed E-state index contributed by atoms with van der Waals surface area (Å²) < 4.78 is 0. The lowest BCUT2D eigenvalue weighted by molar-refractivity contribution is 0.0928. The highest BCUT2D eigenvalue weighted by atomic mass is 16.2. The van der Waals surface area contributed by atoms with Gasteiger partial charge in [0.2, 0.25) is 0 Å². The number of hydrogen-bond donors (Lipinski definition) is 2. The SMILES string of the molecule is Cc1cccnc1C(NC(=O)c1cnc(-c2ccccc2)[nH]c1=O)C1CC1. The van der Waals surface area contributed by atoms with Gasteiger partial charge in [-0.1, -0.05) is 36.4 Å². The number of benzene rings is 1. The van der Waals surface area contributed by atoms with Crippen LogP contribution in [0.4, 0.5) is 0 Å². The van der Waals surface area contributed by atoms with Crippen molar-refractivity contribution in [2.75, 3.05) is 0 Å². The molecule has 3 aromatic rings. The minimum Gasteiger partial charge on any atom is -0.343 e. The summed E-state index contributed by atoms with van der Waals surface area (Å²) in [5, 5.41) is 2.99. The average Bonchev–Trinajstić information content (AvgIpc) is 3.52. The van der Waals surface area contributed by atoms with E-state index in [9.17, 15) is 9.59 Å². The van der Waals surface area contributed by atoms with Crippen LogP contribution in [0.2, 0.25) is 0 Å². The van der Waals surface area contributed by atoms with Crippen LogP contribution in [0.5, 0.6) is 0 Å². The Morgan fingerprint density at radius 2 is 1.93 bits per heavy atom. The highest BCUT2D eigenvalue weighted by Gasteiger charge is 2.35. The van der Waals surface area contributed by atoms with Gasteiger partial charge in [-0.05, 0) is 37.3 Å². The van der Waals surface area contributed by atoms with E-state index in [0.29, 0.717) is 11.7 Å². The van der Waals surface area contributed by atoms with Gasteiger partial charge in [0, 0.05) is 18.0 Å². The number of carbonyl (C=O) groups excluding carboxylic acids is 1. The number of carbonyl (C=O) groups is 1. The number of aromatic nitrogens is 3. The molecule has 1 unspecified atom stereocenters. The van der Waals surface area contributed by atoms with E-state index >= 15 is 0 Å². The van der Waals surface area contributed by atoms with Crippen LogP contribution in [-0.4, -0.2) is 20.9 Å². The van der Waals surface area contributed by atoms with E-state index < -0.39 is 11.5 Å². The van der Waals surface area contributed by atoms with Crippen molar-refractivity contribution in [2.45, 2.75) is 25.8 Å². The van der Waals surface area contributed by atoms with Gasteiger partial charge in [-0.2, -0.15) is 0 Å². The smallest absolute Gasteiger partial charge is 0.264 e. The van der Waals surface area contributed by atoms with Crippen LogP contribution in [-0.2, 0) is 0 Å². The van der Waals surface area contributed by atoms with Crippen LogP contribution in [0.15, 0.2) is 59.7 Å². The first-order valence-electron chi connectivity index (χ1n) is 9.00. The van der Waals surface area contributed by atoms with Crippen LogP contribution in [0.25, 0.3) is 11.4 Å². The maximum Gasteiger partial charge on any atom is 0.264 e. The third-order valence-corrected chi connectivity index (χ3v) is 4.82. The van der Waals surface area contributed by atoms with Crippen molar-refractivity contribution in [1.29, 1.82) is 0 Å². The molecule has 136 valence electrons. The molecule has 2 heterocycles. The van der Waals surface area contributed by atoms with Crippen LogP contribution >= 0.6 is 0 Å². The summed E-state index contributed by atoms with van der Waals surface area (Å²) in [6.45, 7) is 1.98. The van der Waals surface area contributed by atoms with Crippen LogP contribution in [0.1, 0.15) is 40.5 Å². The second-order valence-electron chi connectivity index (χ2n) is 6.83. The molecule has 4 rings (SSSR count). The van der Waals surface area contributed by atoms with Gasteiger partial charge in [0.15, 0.2) is 0 Å². The average molecular weight is 360 g/mol. The molecule has 2 aromatic heterocycles. The Kier molecular flexibility index (Phi) is 4.54. The van der Waals surface area contributed by atoms with Crippen molar-refractivity contribution in [3.8, 4) is 11.4 Å². The lowest BCUT2D eigenvalue weighted by Gasteiger charge is -2.19. The van der Waals surface area contributed by atoms with E-state index in [4.69, 9.17) is 0 Å². The third kappa shape index (κ3) is 3.65. The summed E-state index contributed by atoms with van der Waals surface area (Å²) >= 11 is 0. The largest absolute Gasteiger partial charge is 0.343 e. The minimum atomic E-state index is -0.450. The molecular formula is C21H20N4O2. The lowest BCUT2D eigenvalue weighted by Crippen LogP contribution is -2.34. The first-order chi connectivity index (χ1) is 13.1. The highest BCUT2D eigenvalue weighted by Crippen LogP contribution is 2.41. The number of nitrogens with one attached hydrogen (secondary N) is 2. The van der Waals surface area contributed by atoms with Crippen molar-refractivity contribution in [1.82, 2.24) is 20.3 Å². The molecule has 1 aliphatic rings. The van der Waals surface area contributed by atoms with Gasteiger partial charge in [-0.3, -0.25) is 14.6 Å². The van der Waals surface area contributed by atoms with Gasteiger partial charge in [0.25, 0.3) is 11.5 Å². The van der Waals surface area contributed by atoms with Gasteiger partial charge in [-0.15, -0.1) is 0 Å². The molecule has 0 aliphatic heterocycles. The fraction of sp³-hybridized carbons (Fsp3) is 0.238. The van der Waals surface area contributed by atoms with Gasteiger partial charge in [0.05, 0.1) is 11.7 Å². The van der Waals surface area contributed by atoms with E-state index in [1.54, 1.807) is 6.20 Å². The van der Waals surface area contributed by atoms with Crippen molar-refractivity contribution in [3.63, 3.8) is 0 Å². The molecular weight excluding hydrogens is 340 g/mol. The quantitative estimate of drug-likeness (QED) is 0.732. The predicted molar refractivity (Wildman–Crippen MR) is 102 cm³/mol. The summed E-state index contributed by atoms with van der Waals surface area (Å²) in [4.78, 5) is 36.6. The molecule has 2 N–H and O–H groups in total. The van der Waals surface area contributed by atoms with Crippen molar-refractivity contribution in [3.05, 3.63) is 82.0 Å². The fourth-order valence-electron chi connectivity index (χ4n) is 3.18. The van der Waals surface area contributed by atoms with Gasteiger partial charge in [0.1, 0.15) is 11.4 Å². The Hall–Kier alpha value is -3.28. The zero-order valence-electron chi connectivity index (χ0n) is 15.0. The topological polar surface area (TPSA) is 87.7 Å². The summed E-state index contributed by atoms with van der Waals surface area (Å²) in [5.74, 6) is 0.375.